The van der Waals surface area contributed by atoms with Crippen LogP contribution in [0.3, 0.4) is 0 Å². The van der Waals surface area contributed by atoms with Gasteiger partial charge in [0.05, 0.1) is 5.69 Å². The third kappa shape index (κ3) is 2.91. The summed E-state index contributed by atoms with van der Waals surface area (Å²) in [6, 6.07) is 1.40. The summed E-state index contributed by atoms with van der Waals surface area (Å²) in [5.41, 5.74) is 1.03. The van der Waals surface area contributed by atoms with Gasteiger partial charge in [0.15, 0.2) is 0 Å². The van der Waals surface area contributed by atoms with Crippen LogP contribution < -0.4 is 10.5 Å². The highest BCUT2D eigenvalue weighted by Gasteiger charge is 2.14. The normalized spacial score (nSPS) is 10.4. The van der Waals surface area contributed by atoms with Crippen molar-refractivity contribution in [2.45, 2.75) is 13.3 Å². The smallest absolute Gasteiger partial charge is 0.341 e. The number of anilines is 1. The lowest BCUT2D eigenvalue weighted by molar-refractivity contribution is 0.0695. The quantitative estimate of drug-likeness (QED) is 0.875. The number of H-pyrrole nitrogens is 1. The van der Waals surface area contributed by atoms with E-state index in [-0.39, 0.29) is 5.56 Å². The summed E-state index contributed by atoms with van der Waals surface area (Å²) in [5.74, 6) is -0.682. The van der Waals surface area contributed by atoms with Gasteiger partial charge in [0.25, 0.3) is 5.56 Å². The fourth-order valence-corrected chi connectivity index (χ4v) is 1.95. The second-order valence-electron chi connectivity index (χ2n) is 4.74. The molecular formula is C14H16N4O3. The molecule has 0 radical (unpaired) electrons. The van der Waals surface area contributed by atoms with E-state index in [9.17, 15) is 9.59 Å². The van der Waals surface area contributed by atoms with Crippen molar-refractivity contribution in [1.82, 2.24) is 15.0 Å². The molecule has 2 N–H and O–H groups in total. The monoisotopic (exact) mass is 288 g/mol. The van der Waals surface area contributed by atoms with E-state index in [1.807, 2.05) is 21.0 Å². The molecule has 7 heteroatoms. The van der Waals surface area contributed by atoms with E-state index in [1.165, 1.54) is 6.07 Å². The zero-order valence-corrected chi connectivity index (χ0v) is 12.0. The summed E-state index contributed by atoms with van der Waals surface area (Å²) in [6.45, 7) is 1.89. The molecule has 0 aromatic carbocycles. The number of aromatic carboxylic acids is 1. The molecule has 2 heterocycles. The maximum atomic E-state index is 11.8. The van der Waals surface area contributed by atoms with Crippen LogP contribution in [0.1, 0.15) is 22.8 Å². The van der Waals surface area contributed by atoms with Crippen LogP contribution in [0.4, 0.5) is 5.95 Å². The third-order valence-corrected chi connectivity index (χ3v) is 3.06. The van der Waals surface area contributed by atoms with Crippen LogP contribution in [0.15, 0.2) is 23.3 Å². The lowest BCUT2D eigenvalue weighted by Crippen LogP contribution is -2.19. The number of pyridine rings is 1. The van der Waals surface area contributed by atoms with Crippen LogP contribution in [0.25, 0.3) is 11.3 Å². The standard InChI is InChI=1S/C14H16N4O3/c1-4-8-5-10(13(20)21)12(19)17-11(8)9-6-15-14(16-7-9)18(2)3/h5-7H,4H2,1-3H3,(H,17,19)(H,20,21). The largest absolute Gasteiger partial charge is 0.477 e. The second kappa shape index (κ2) is 5.74. The molecule has 0 spiro atoms. The molecule has 2 aromatic heterocycles. The number of carboxylic acids is 1. The Bertz CT molecular complexity index is 720. The van der Waals surface area contributed by atoms with Crippen molar-refractivity contribution in [2.75, 3.05) is 19.0 Å². The number of aromatic nitrogens is 3. The molecule has 0 atom stereocenters. The van der Waals surface area contributed by atoms with Gasteiger partial charge in [-0.25, -0.2) is 14.8 Å². The summed E-state index contributed by atoms with van der Waals surface area (Å²) in [6.07, 6.45) is 3.79. The summed E-state index contributed by atoms with van der Waals surface area (Å²) in [4.78, 5) is 35.6. The number of aromatic amines is 1. The van der Waals surface area contributed by atoms with E-state index >= 15 is 0 Å². The van der Waals surface area contributed by atoms with Crippen LogP contribution >= 0.6 is 0 Å². The number of aryl methyl sites for hydroxylation is 1. The van der Waals surface area contributed by atoms with Gasteiger partial charge in [-0.3, -0.25) is 4.79 Å². The van der Waals surface area contributed by atoms with Crippen molar-refractivity contribution < 1.29 is 9.90 Å². The Kier molecular flexibility index (Phi) is 4.02. The number of hydrogen-bond acceptors (Lipinski definition) is 5. The van der Waals surface area contributed by atoms with Gasteiger partial charge in [0.2, 0.25) is 5.95 Å². The maximum Gasteiger partial charge on any atom is 0.341 e. The fourth-order valence-electron chi connectivity index (χ4n) is 1.95. The highest BCUT2D eigenvalue weighted by molar-refractivity contribution is 5.88. The van der Waals surface area contributed by atoms with Crippen molar-refractivity contribution in [3.8, 4) is 11.3 Å². The first kappa shape index (κ1) is 14.7. The van der Waals surface area contributed by atoms with Gasteiger partial charge < -0.3 is 15.0 Å². The minimum atomic E-state index is -1.24. The molecule has 2 rings (SSSR count). The lowest BCUT2D eigenvalue weighted by atomic mass is 10.0. The van der Waals surface area contributed by atoms with Crippen LogP contribution in [0, 0.1) is 0 Å². The first-order valence-electron chi connectivity index (χ1n) is 6.43. The van der Waals surface area contributed by atoms with Gasteiger partial charge in [-0.05, 0) is 18.1 Å². The minimum Gasteiger partial charge on any atom is -0.477 e. The van der Waals surface area contributed by atoms with E-state index in [0.29, 0.717) is 23.6 Å². The van der Waals surface area contributed by atoms with Gasteiger partial charge in [0.1, 0.15) is 5.56 Å². The molecule has 0 aliphatic carbocycles. The summed E-state index contributed by atoms with van der Waals surface area (Å²) in [5, 5.41) is 8.99. The van der Waals surface area contributed by atoms with Crippen LogP contribution in [0.2, 0.25) is 0 Å². The highest BCUT2D eigenvalue weighted by Crippen LogP contribution is 2.21. The number of hydrogen-bond donors (Lipinski definition) is 2. The molecule has 2 aromatic rings. The SMILES string of the molecule is CCc1cc(C(=O)O)c(=O)[nH]c1-c1cnc(N(C)C)nc1. The third-order valence-electron chi connectivity index (χ3n) is 3.06. The molecule has 0 unspecified atom stereocenters. The Morgan fingerprint density at radius 3 is 2.43 bits per heavy atom. The first-order valence-corrected chi connectivity index (χ1v) is 6.43. The van der Waals surface area contributed by atoms with E-state index in [1.54, 1.807) is 17.3 Å². The highest BCUT2D eigenvalue weighted by atomic mass is 16.4. The Labute approximate surface area is 121 Å². The molecule has 0 aliphatic heterocycles. The first-order chi connectivity index (χ1) is 9.93. The maximum absolute atomic E-state index is 11.8. The zero-order chi connectivity index (χ0) is 15.6. The van der Waals surface area contributed by atoms with Crippen molar-refractivity contribution in [2.24, 2.45) is 0 Å². The van der Waals surface area contributed by atoms with Gasteiger partial charge in [0, 0.05) is 32.1 Å². The van der Waals surface area contributed by atoms with Crippen LogP contribution in [0.5, 0.6) is 0 Å². The molecule has 21 heavy (non-hydrogen) atoms. The molecular weight excluding hydrogens is 272 g/mol. The van der Waals surface area contributed by atoms with Crippen molar-refractivity contribution in [3.05, 3.63) is 39.9 Å². The topological polar surface area (TPSA) is 99.2 Å². The molecule has 0 amide bonds. The molecule has 0 saturated carbocycles. The Hall–Kier alpha value is -2.70. The van der Waals surface area contributed by atoms with Crippen LogP contribution in [-0.4, -0.2) is 40.1 Å². The summed E-state index contributed by atoms with van der Waals surface area (Å²) in [7, 11) is 3.66. The number of nitrogens with zero attached hydrogens (tertiary/aromatic N) is 3. The van der Waals surface area contributed by atoms with Crippen LogP contribution in [-0.2, 0) is 6.42 Å². The molecule has 0 fully saturated rings. The summed E-state index contributed by atoms with van der Waals surface area (Å²) < 4.78 is 0. The number of carbonyl (C=O) groups is 1. The Morgan fingerprint density at radius 2 is 1.95 bits per heavy atom. The van der Waals surface area contributed by atoms with Crippen molar-refractivity contribution in [3.63, 3.8) is 0 Å². The van der Waals surface area contributed by atoms with Gasteiger partial charge in [-0.2, -0.15) is 0 Å². The van der Waals surface area contributed by atoms with Gasteiger partial charge in [-0.1, -0.05) is 6.92 Å². The number of nitrogens with one attached hydrogen (secondary N) is 1. The second-order valence-corrected chi connectivity index (χ2v) is 4.74. The van der Waals surface area contributed by atoms with E-state index < -0.39 is 11.5 Å². The molecule has 0 saturated heterocycles. The van der Waals surface area contributed by atoms with E-state index in [4.69, 9.17) is 5.11 Å². The van der Waals surface area contributed by atoms with Crippen molar-refractivity contribution >= 4 is 11.9 Å². The minimum absolute atomic E-state index is 0.263. The zero-order valence-electron chi connectivity index (χ0n) is 12.0. The Morgan fingerprint density at radius 1 is 1.33 bits per heavy atom. The molecule has 0 aliphatic rings. The lowest BCUT2D eigenvalue weighted by Gasteiger charge is -2.11. The predicted octanol–water partition coefficient (Wildman–Crippen LogP) is 1.16. The average Bonchev–Trinajstić information content (AvgIpc) is 2.46. The van der Waals surface area contributed by atoms with Crippen molar-refractivity contribution in [1.29, 1.82) is 0 Å². The molecule has 0 bridgehead atoms. The Balaban J connectivity index is 2.55. The number of rotatable bonds is 4. The molecule has 7 nitrogen and oxygen atoms in total. The van der Waals surface area contributed by atoms with E-state index in [2.05, 4.69) is 15.0 Å². The predicted molar refractivity (Wildman–Crippen MR) is 78.8 cm³/mol. The van der Waals surface area contributed by atoms with E-state index in [0.717, 1.165) is 5.56 Å². The average molecular weight is 288 g/mol. The summed E-state index contributed by atoms with van der Waals surface area (Å²) >= 11 is 0. The fraction of sp³-hybridized carbons (Fsp3) is 0.286. The van der Waals surface area contributed by atoms with Gasteiger partial charge >= 0.3 is 5.97 Å². The van der Waals surface area contributed by atoms with Gasteiger partial charge in [-0.15, -0.1) is 0 Å². The number of carboxylic acid groups (broad SMARTS) is 1. The molecule has 110 valence electrons.